The first-order valence-electron chi connectivity index (χ1n) is 9.06. The van der Waals surface area contributed by atoms with Crippen molar-refractivity contribution in [2.45, 2.75) is 33.6 Å². The molecule has 0 bridgehead atoms. The summed E-state index contributed by atoms with van der Waals surface area (Å²) in [4.78, 5) is 0. The van der Waals surface area contributed by atoms with Gasteiger partial charge >= 0.3 is 0 Å². The summed E-state index contributed by atoms with van der Waals surface area (Å²) in [6.45, 7) is 9.63. The van der Waals surface area contributed by atoms with Crippen molar-refractivity contribution in [2.24, 2.45) is 5.41 Å². The molecule has 0 saturated heterocycles. The Kier molecular flexibility index (Phi) is 6.73. The molecule has 0 aromatic heterocycles. The highest BCUT2D eigenvalue weighted by Gasteiger charge is 2.25. The summed E-state index contributed by atoms with van der Waals surface area (Å²) in [5, 5.41) is 2.75. The fourth-order valence-corrected chi connectivity index (χ4v) is 6.13. The van der Waals surface area contributed by atoms with E-state index in [1.54, 1.807) is 0 Å². The molecule has 0 unspecified atom stereocenters. The van der Waals surface area contributed by atoms with E-state index >= 15 is 0 Å². The van der Waals surface area contributed by atoms with E-state index in [1.165, 1.54) is 10.6 Å². The molecule has 0 aliphatic rings. The number of rotatable bonds is 9. The molecule has 2 aromatic rings. The molecular formula is C23H31OP. The van der Waals surface area contributed by atoms with Gasteiger partial charge in [-0.05, 0) is 36.5 Å². The summed E-state index contributed by atoms with van der Waals surface area (Å²) >= 11 is 0. The second-order valence-electron chi connectivity index (χ2n) is 7.21. The Morgan fingerprint density at radius 1 is 0.960 bits per heavy atom. The van der Waals surface area contributed by atoms with E-state index < -0.39 is 6.89 Å². The third-order valence-electron chi connectivity index (χ3n) is 4.92. The first-order chi connectivity index (χ1) is 11.9. The smallest absolute Gasteiger partial charge is 0.0944 e. The largest absolute Gasteiger partial charge is 0.498 e. The zero-order chi connectivity index (χ0) is 18.3. The molecule has 0 spiro atoms. The van der Waals surface area contributed by atoms with Gasteiger partial charge in [0, 0.05) is 5.41 Å². The van der Waals surface area contributed by atoms with E-state index in [1.807, 2.05) is 6.92 Å². The third kappa shape index (κ3) is 4.89. The van der Waals surface area contributed by atoms with E-state index in [0.717, 1.165) is 24.8 Å². The molecule has 2 aromatic carbocycles. The Balaban J connectivity index is 2.19. The first-order valence-corrected chi connectivity index (χ1v) is 11.2. The van der Waals surface area contributed by atoms with Crippen LogP contribution in [0.1, 0.15) is 33.6 Å². The zero-order valence-electron chi connectivity index (χ0n) is 15.9. The summed E-state index contributed by atoms with van der Waals surface area (Å²) in [6.07, 6.45) is 8.04. The van der Waals surface area contributed by atoms with E-state index in [4.69, 9.17) is 11.0 Å². The minimum atomic E-state index is -1.63. The topological polar surface area (TPSA) is 9.23 Å². The molecule has 1 nitrogen and oxygen atoms in total. The summed E-state index contributed by atoms with van der Waals surface area (Å²) in [5.74, 6) is 0.891. The summed E-state index contributed by atoms with van der Waals surface area (Å²) < 4.78 is 5.66. The van der Waals surface area contributed by atoms with Gasteiger partial charge in [-0.1, -0.05) is 94.3 Å². The van der Waals surface area contributed by atoms with Gasteiger partial charge in [0.2, 0.25) is 0 Å². The number of hydrogen-bond acceptors (Lipinski definition) is 1. The molecular weight excluding hydrogens is 323 g/mol. The highest BCUT2D eigenvalue weighted by Crippen LogP contribution is 2.45. The SMILES string of the molecule is C=C(OCC)C(C)(C)CCCP(=C)(c1ccccc1)c1ccccc1. The fourth-order valence-electron chi connectivity index (χ4n) is 3.13. The van der Waals surface area contributed by atoms with Crippen LogP contribution >= 0.6 is 6.89 Å². The maximum atomic E-state index is 5.66. The van der Waals surface area contributed by atoms with Crippen molar-refractivity contribution in [2.75, 3.05) is 12.8 Å². The van der Waals surface area contributed by atoms with Crippen molar-refractivity contribution >= 4 is 23.8 Å². The van der Waals surface area contributed by atoms with Crippen molar-refractivity contribution in [3.8, 4) is 0 Å². The molecule has 0 radical (unpaired) electrons. The Morgan fingerprint density at radius 3 is 1.88 bits per heavy atom. The van der Waals surface area contributed by atoms with E-state index in [2.05, 4.69) is 81.1 Å². The number of benzene rings is 2. The van der Waals surface area contributed by atoms with Crippen LogP contribution in [0.3, 0.4) is 0 Å². The monoisotopic (exact) mass is 354 g/mol. The second kappa shape index (κ2) is 8.59. The lowest BCUT2D eigenvalue weighted by molar-refractivity contribution is 0.149. The minimum absolute atomic E-state index is 0.00574. The van der Waals surface area contributed by atoms with Crippen molar-refractivity contribution < 1.29 is 4.74 Å². The van der Waals surface area contributed by atoms with Gasteiger partial charge in [0.05, 0.1) is 12.4 Å². The van der Waals surface area contributed by atoms with Crippen LogP contribution in [-0.2, 0) is 4.74 Å². The lowest BCUT2D eigenvalue weighted by Gasteiger charge is -2.30. The molecule has 0 atom stereocenters. The van der Waals surface area contributed by atoms with Crippen LogP contribution in [0.15, 0.2) is 73.0 Å². The Labute approximate surface area is 153 Å². The third-order valence-corrected chi connectivity index (χ3v) is 8.57. The Hall–Kier alpha value is -1.72. The lowest BCUT2D eigenvalue weighted by atomic mass is 9.86. The number of ether oxygens (including phenoxy) is 1. The van der Waals surface area contributed by atoms with Crippen LogP contribution < -0.4 is 10.6 Å². The minimum Gasteiger partial charge on any atom is -0.498 e. The summed E-state index contributed by atoms with van der Waals surface area (Å²) in [6, 6.07) is 21.6. The van der Waals surface area contributed by atoms with Crippen LogP contribution in [0, 0.1) is 5.41 Å². The van der Waals surface area contributed by atoms with Gasteiger partial charge in [0.15, 0.2) is 0 Å². The van der Waals surface area contributed by atoms with Crippen LogP contribution in [0.2, 0.25) is 0 Å². The van der Waals surface area contributed by atoms with Crippen molar-refractivity contribution in [1.29, 1.82) is 0 Å². The van der Waals surface area contributed by atoms with Crippen molar-refractivity contribution in [1.82, 2.24) is 0 Å². The van der Waals surface area contributed by atoms with E-state index in [0.29, 0.717) is 6.61 Å². The van der Waals surface area contributed by atoms with E-state index in [9.17, 15) is 0 Å². The fraction of sp³-hybridized carbons (Fsp3) is 0.348. The number of allylic oxidation sites excluding steroid dienone is 1. The molecule has 0 fully saturated rings. The van der Waals surface area contributed by atoms with Gasteiger partial charge in [-0.3, -0.25) is 0 Å². The lowest BCUT2D eigenvalue weighted by Crippen LogP contribution is -2.21. The van der Waals surface area contributed by atoms with Gasteiger partial charge in [0.25, 0.3) is 0 Å². The molecule has 2 rings (SSSR count). The molecule has 0 aliphatic heterocycles. The van der Waals surface area contributed by atoms with E-state index in [-0.39, 0.29) is 5.41 Å². The molecule has 0 aliphatic carbocycles. The molecule has 0 amide bonds. The van der Waals surface area contributed by atoms with Gasteiger partial charge in [0.1, 0.15) is 0 Å². The van der Waals surface area contributed by atoms with Crippen LogP contribution in [0.5, 0.6) is 0 Å². The van der Waals surface area contributed by atoms with Crippen molar-refractivity contribution in [3.05, 3.63) is 73.0 Å². The maximum absolute atomic E-state index is 5.66. The van der Waals surface area contributed by atoms with Crippen LogP contribution in [0.25, 0.3) is 0 Å². The number of hydrogen-bond donors (Lipinski definition) is 0. The second-order valence-corrected chi connectivity index (χ2v) is 10.6. The standard InChI is InChI=1S/C23H31OP/c1-6-24-20(2)23(3,4)18-13-19-25(5,21-14-9-7-10-15-21)22-16-11-8-12-17-22/h7-12,14-17H,2,5-6,13,18-19H2,1,3-4H3. The normalized spacial score (nSPS) is 12.0. The Bertz CT molecular complexity index is 673. The van der Waals surface area contributed by atoms with Gasteiger partial charge in [-0.25, -0.2) is 0 Å². The van der Waals surface area contributed by atoms with Gasteiger partial charge in [-0.15, -0.1) is 0 Å². The predicted molar refractivity (Wildman–Crippen MR) is 115 cm³/mol. The summed E-state index contributed by atoms with van der Waals surface area (Å²) in [7, 11) is 0. The average molecular weight is 354 g/mol. The van der Waals surface area contributed by atoms with Gasteiger partial charge < -0.3 is 4.74 Å². The average Bonchev–Trinajstić information content (AvgIpc) is 2.63. The molecule has 0 heterocycles. The quantitative estimate of drug-likeness (QED) is 0.430. The summed E-state index contributed by atoms with van der Waals surface area (Å²) in [5.41, 5.74) is -0.00574. The molecule has 134 valence electrons. The molecule has 2 heteroatoms. The van der Waals surface area contributed by atoms with Crippen LogP contribution in [-0.4, -0.2) is 19.1 Å². The predicted octanol–water partition coefficient (Wildman–Crippen LogP) is 5.44. The molecule has 25 heavy (non-hydrogen) atoms. The first kappa shape index (κ1) is 19.6. The molecule has 0 saturated carbocycles. The maximum Gasteiger partial charge on any atom is 0.0944 e. The van der Waals surface area contributed by atoms with Crippen molar-refractivity contribution in [3.63, 3.8) is 0 Å². The highest BCUT2D eigenvalue weighted by atomic mass is 31.2. The zero-order valence-corrected chi connectivity index (χ0v) is 16.8. The van der Waals surface area contributed by atoms with Gasteiger partial charge in [-0.2, -0.15) is 0 Å². The highest BCUT2D eigenvalue weighted by molar-refractivity contribution is 7.87. The Morgan fingerprint density at radius 2 is 1.44 bits per heavy atom. The van der Waals surface area contributed by atoms with Crippen LogP contribution in [0.4, 0.5) is 0 Å². The molecule has 0 N–H and O–H groups in total.